The highest BCUT2D eigenvalue weighted by molar-refractivity contribution is 9.10. The molecule has 0 aliphatic heterocycles. The van der Waals surface area contributed by atoms with Gasteiger partial charge in [0.05, 0.1) is 0 Å². The molecule has 2 nitrogen and oxygen atoms in total. The maximum atomic E-state index is 4.28. The summed E-state index contributed by atoms with van der Waals surface area (Å²) in [5, 5.41) is 3.29. The summed E-state index contributed by atoms with van der Waals surface area (Å²) < 4.78 is 0.985. The Morgan fingerprint density at radius 2 is 1.94 bits per heavy atom. The summed E-state index contributed by atoms with van der Waals surface area (Å²) in [5.41, 5.74) is 3.59. The third-order valence-electron chi connectivity index (χ3n) is 2.37. The average Bonchev–Trinajstić information content (AvgIpc) is 2.25. The number of hydrogen-bond donors (Lipinski definition) is 1. The van der Waals surface area contributed by atoms with Gasteiger partial charge in [-0.05, 0) is 53.5 Å². The van der Waals surface area contributed by atoms with Crippen molar-refractivity contribution in [1.29, 1.82) is 0 Å². The van der Waals surface area contributed by atoms with E-state index < -0.39 is 0 Å². The lowest BCUT2D eigenvalue weighted by atomic mass is 10.1. The summed E-state index contributed by atoms with van der Waals surface area (Å²) in [6, 6.07) is 10.2. The predicted octanol–water partition coefficient (Wildman–Crippen LogP) is 4.20. The predicted molar refractivity (Wildman–Crippen MR) is 71.1 cm³/mol. The van der Waals surface area contributed by atoms with Gasteiger partial charge in [0.2, 0.25) is 0 Å². The standard InChI is InChI=1S/C13H13BrN2/c1-9-3-5-12(10(2)7-9)16-13-6-4-11(14)8-15-13/h3-8H,1-2H3,(H,15,16). The first-order valence-corrected chi connectivity index (χ1v) is 5.90. The SMILES string of the molecule is Cc1ccc(Nc2ccc(Br)cn2)c(C)c1. The molecular weight excluding hydrogens is 264 g/mol. The van der Waals surface area contributed by atoms with Crippen LogP contribution in [0.15, 0.2) is 41.0 Å². The number of rotatable bonds is 2. The third kappa shape index (κ3) is 2.61. The molecule has 1 heterocycles. The summed E-state index contributed by atoms with van der Waals surface area (Å²) in [6.07, 6.45) is 1.78. The minimum Gasteiger partial charge on any atom is -0.340 e. The van der Waals surface area contributed by atoms with E-state index in [2.05, 4.69) is 58.3 Å². The number of nitrogens with zero attached hydrogens (tertiary/aromatic N) is 1. The van der Waals surface area contributed by atoms with Crippen molar-refractivity contribution in [3.8, 4) is 0 Å². The van der Waals surface area contributed by atoms with Crippen LogP contribution in [0.25, 0.3) is 0 Å². The van der Waals surface area contributed by atoms with Crippen molar-refractivity contribution in [3.63, 3.8) is 0 Å². The number of benzene rings is 1. The maximum Gasteiger partial charge on any atom is 0.130 e. The maximum absolute atomic E-state index is 4.28. The second kappa shape index (κ2) is 4.66. The molecule has 0 saturated carbocycles. The van der Waals surface area contributed by atoms with Crippen molar-refractivity contribution in [2.24, 2.45) is 0 Å². The molecule has 0 unspecified atom stereocenters. The quantitative estimate of drug-likeness (QED) is 0.889. The molecule has 0 spiro atoms. The summed E-state index contributed by atoms with van der Waals surface area (Å²) in [7, 11) is 0. The number of halogens is 1. The lowest BCUT2D eigenvalue weighted by Gasteiger charge is -2.09. The van der Waals surface area contributed by atoms with Crippen LogP contribution in [0.2, 0.25) is 0 Å². The molecular formula is C13H13BrN2. The van der Waals surface area contributed by atoms with Gasteiger partial charge in [-0.15, -0.1) is 0 Å². The van der Waals surface area contributed by atoms with Gasteiger partial charge in [0, 0.05) is 16.4 Å². The van der Waals surface area contributed by atoms with E-state index in [-0.39, 0.29) is 0 Å². The highest BCUT2D eigenvalue weighted by Crippen LogP contribution is 2.20. The molecule has 0 bridgehead atoms. The molecule has 0 fully saturated rings. The molecule has 0 amide bonds. The number of aryl methyl sites for hydroxylation is 2. The Morgan fingerprint density at radius 3 is 2.56 bits per heavy atom. The fourth-order valence-corrected chi connectivity index (χ4v) is 1.78. The molecule has 0 atom stereocenters. The van der Waals surface area contributed by atoms with E-state index in [4.69, 9.17) is 0 Å². The number of nitrogens with one attached hydrogen (secondary N) is 1. The minimum absolute atomic E-state index is 0.857. The number of aromatic nitrogens is 1. The van der Waals surface area contributed by atoms with E-state index in [1.165, 1.54) is 11.1 Å². The third-order valence-corrected chi connectivity index (χ3v) is 2.84. The molecule has 0 aliphatic carbocycles. The Kier molecular flexibility index (Phi) is 3.25. The lowest BCUT2D eigenvalue weighted by Crippen LogP contribution is -1.95. The summed E-state index contributed by atoms with van der Waals surface area (Å²) in [5.74, 6) is 0.857. The first-order valence-electron chi connectivity index (χ1n) is 5.11. The van der Waals surface area contributed by atoms with Crippen LogP contribution in [0.1, 0.15) is 11.1 Å². The first-order chi connectivity index (χ1) is 7.65. The van der Waals surface area contributed by atoms with Crippen LogP contribution in [0.5, 0.6) is 0 Å². The van der Waals surface area contributed by atoms with Crippen LogP contribution in [0.4, 0.5) is 11.5 Å². The monoisotopic (exact) mass is 276 g/mol. The molecule has 0 saturated heterocycles. The van der Waals surface area contributed by atoms with E-state index >= 15 is 0 Å². The van der Waals surface area contributed by atoms with Crippen LogP contribution >= 0.6 is 15.9 Å². The summed E-state index contributed by atoms with van der Waals surface area (Å²) >= 11 is 3.36. The normalized spacial score (nSPS) is 10.2. The van der Waals surface area contributed by atoms with Gasteiger partial charge in [-0.3, -0.25) is 0 Å². The van der Waals surface area contributed by atoms with Crippen LogP contribution in [-0.4, -0.2) is 4.98 Å². The van der Waals surface area contributed by atoms with Crippen molar-refractivity contribution >= 4 is 27.4 Å². The van der Waals surface area contributed by atoms with Crippen molar-refractivity contribution in [2.75, 3.05) is 5.32 Å². The van der Waals surface area contributed by atoms with Gasteiger partial charge in [-0.25, -0.2) is 4.98 Å². The van der Waals surface area contributed by atoms with E-state index in [0.717, 1.165) is 16.0 Å². The fourth-order valence-electron chi connectivity index (χ4n) is 1.54. The first kappa shape index (κ1) is 11.1. The highest BCUT2D eigenvalue weighted by Gasteiger charge is 1.99. The van der Waals surface area contributed by atoms with Gasteiger partial charge in [0.1, 0.15) is 5.82 Å². The Labute approximate surface area is 104 Å². The molecule has 0 aliphatic rings. The molecule has 16 heavy (non-hydrogen) atoms. The number of pyridine rings is 1. The molecule has 2 aromatic rings. The smallest absolute Gasteiger partial charge is 0.130 e. The van der Waals surface area contributed by atoms with Crippen LogP contribution in [-0.2, 0) is 0 Å². The van der Waals surface area contributed by atoms with Crippen molar-refractivity contribution in [1.82, 2.24) is 4.98 Å². The highest BCUT2D eigenvalue weighted by atomic mass is 79.9. The Hall–Kier alpha value is -1.35. The van der Waals surface area contributed by atoms with Crippen molar-refractivity contribution < 1.29 is 0 Å². The van der Waals surface area contributed by atoms with Gasteiger partial charge in [0.15, 0.2) is 0 Å². The van der Waals surface area contributed by atoms with Gasteiger partial charge in [-0.2, -0.15) is 0 Å². The molecule has 82 valence electrons. The second-order valence-electron chi connectivity index (χ2n) is 3.81. The molecule has 1 aromatic carbocycles. The zero-order valence-electron chi connectivity index (χ0n) is 9.29. The van der Waals surface area contributed by atoms with E-state index in [1.807, 2.05) is 12.1 Å². The largest absolute Gasteiger partial charge is 0.340 e. The molecule has 1 N–H and O–H groups in total. The molecule has 0 radical (unpaired) electrons. The Balaban J connectivity index is 2.23. The van der Waals surface area contributed by atoms with Crippen LogP contribution in [0.3, 0.4) is 0 Å². The van der Waals surface area contributed by atoms with Gasteiger partial charge in [-0.1, -0.05) is 17.7 Å². The number of hydrogen-bond acceptors (Lipinski definition) is 2. The lowest BCUT2D eigenvalue weighted by molar-refractivity contribution is 1.28. The zero-order chi connectivity index (χ0) is 11.5. The van der Waals surface area contributed by atoms with Gasteiger partial charge >= 0.3 is 0 Å². The fraction of sp³-hybridized carbons (Fsp3) is 0.154. The van der Waals surface area contributed by atoms with E-state index in [1.54, 1.807) is 6.20 Å². The van der Waals surface area contributed by atoms with Crippen LogP contribution in [0, 0.1) is 13.8 Å². The topological polar surface area (TPSA) is 24.9 Å². The average molecular weight is 277 g/mol. The molecule has 2 rings (SSSR count). The summed E-state index contributed by atoms with van der Waals surface area (Å²) in [4.78, 5) is 4.28. The van der Waals surface area contributed by atoms with Crippen molar-refractivity contribution in [2.45, 2.75) is 13.8 Å². The Morgan fingerprint density at radius 1 is 1.12 bits per heavy atom. The van der Waals surface area contributed by atoms with E-state index in [0.29, 0.717) is 0 Å². The zero-order valence-corrected chi connectivity index (χ0v) is 10.9. The second-order valence-corrected chi connectivity index (χ2v) is 4.72. The van der Waals surface area contributed by atoms with Gasteiger partial charge < -0.3 is 5.32 Å². The van der Waals surface area contributed by atoms with Crippen molar-refractivity contribution in [3.05, 3.63) is 52.1 Å². The minimum atomic E-state index is 0.857. The van der Waals surface area contributed by atoms with E-state index in [9.17, 15) is 0 Å². The summed E-state index contributed by atoms with van der Waals surface area (Å²) in [6.45, 7) is 4.18. The van der Waals surface area contributed by atoms with Gasteiger partial charge in [0.25, 0.3) is 0 Å². The molecule has 1 aromatic heterocycles. The molecule has 3 heteroatoms. The number of anilines is 2. The van der Waals surface area contributed by atoms with Crippen LogP contribution < -0.4 is 5.32 Å². The Bertz CT molecular complexity index is 492.